The number of likely N-dealkylation sites (tertiary alicyclic amines) is 1. The zero-order valence-electron chi connectivity index (χ0n) is 9.96. The van der Waals surface area contributed by atoms with E-state index in [1.54, 1.807) is 0 Å². The van der Waals surface area contributed by atoms with E-state index in [4.69, 9.17) is 0 Å². The first-order chi connectivity index (χ1) is 7.05. The lowest BCUT2D eigenvalue weighted by molar-refractivity contribution is -0.130. The van der Waals surface area contributed by atoms with Gasteiger partial charge in [-0.05, 0) is 36.9 Å². The second kappa shape index (κ2) is 5.78. The zero-order chi connectivity index (χ0) is 11.3. The highest BCUT2D eigenvalue weighted by Gasteiger charge is 2.26. The first-order valence-corrected chi connectivity index (χ1v) is 6.57. The molecule has 0 atom stereocenters. The maximum absolute atomic E-state index is 11.8. The fraction of sp³-hybridized carbons (Fsp3) is 0.917. The second-order valence-electron chi connectivity index (χ2n) is 5.23. The molecule has 0 N–H and O–H groups in total. The molecule has 0 aromatic carbocycles. The molecule has 3 heteroatoms. The van der Waals surface area contributed by atoms with E-state index in [9.17, 15) is 4.79 Å². The van der Waals surface area contributed by atoms with Crippen molar-refractivity contribution in [1.29, 1.82) is 0 Å². The van der Waals surface area contributed by atoms with E-state index in [1.165, 1.54) is 0 Å². The van der Waals surface area contributed by atoms with Gasteiger partial charge >= 0.3 is 0 Å². The molecule has 1 amide bonds. The van der Waals surface area contributed by atoms with Crippen molar-refractivity contribution in [3.8, 4) is 0 Å². The number of thiol groups is 1. The molecule has 1 rings (SSSR count). The maximum Gasteiger partial charge on any atom is 0.222 e. The van der Waals surface area contributed by atoms with Crippen LogP contribution in [0.1, 0.15) is 46.0 Å². The fourth-order valence-electron chi connectivity index (χ4n) is 1.94. The summed E-state index contributed by atoms with van der Waals surface area (Å²) in [5, 5.41) is 0. The minimum absolute atomic E-state index is 0.341. The average Bonchev–Trinajstić information content (AvgIpc) is 2.31. The molecule has 1 aliphatic heterocycles. The molecule has 0 aromatic heterocycles. The van der Waals surface area contributed by atoms with Crippen LogP contribution in [0.4, 0.5) is 0 Å². The molecule has 0 bridgehead atoms. The lowest BCUT2D eigenvalue weighted by Gasteiger charge is -2.23. The largest absolute Gasteiger partial charge is 0.343 e. The lowest BCUT2D eigenvalue weighted by atomic mass is 9.85. The molecule has 0 aliphatic carbocycles. The number of amides is 1. The van der Waals surface area contributed by atoms with Crippen molar-refractivity contribution in [3.05, 3.63) is 0 Å². The van der Waals surface area contributed by atoms with Crippen LogP contribution in [0.5, 0.6) is 0 Å². The Morgan fingerprint density at radius 3 is 2.73 bits per heavy atom. The fourth-order valence-corrected chi connectivity index (χ4v) is 2.17. The highest BCUT2D eigenvalue weighted by molar-refractivity contribution is 7.80. The molecule has 2 nitrogen and oxygen atoms in total. The van der Waals surface area contributed by atoms with Crippen LogP contribution in [0, 0.1) is 5.41 Å². The maximum atomic E-state index is 11.8. The van der Waals surface area contributed by atoms with Crippen LogP contribution in [-0.2, 0) is 4.79 Å². The number of nitrogens with zero attached hydrogens (tertiary/aromatic N) is 1. The predicted molar refractivity (Wildman–Crippen MR) is 67.3 cm³/mol. The highest BCUT2D eigenvalue weighted by atomic mass is 32.1. The Labute approximate surface area is 98.8 Å². The summed E-state index contributed by atoms with van der Waals surface area (Å²) >= 11 is 4.19. The Morgan fingerprint density at radius 2 is 2.07 bits per heavy atom. The third kappa shape index (κ3) is 4.45. The Hall–Kier alpha value is -0.180. The molecule has 88 valence electrons. The third-order valence-electron chi connectivity index (χ3n) is 3.26. The SMILES string of the molecule is CC1(C)CCC(=O)N(CCCCS)CC1. The Morgan fingerprint density at radius 1 is 1.33 bits per heavy atom. The molecule has 1 heterocycles. The van der Waals surface area contributed by atoms with Gasteiger partial charge in [-0.25, -0.2) is 0 Å². The van der Waals surface area contributed by atoms with Crippen LogP contribution in [0.15, 0.2) is 0 Å². The molecule has 1 saturated heterocycles. The lowest BCUT2D eigenvalue weighted by Crippen LogP contribution is -2.31. The molecular formula is C12H23NOS. The highest BCUT2D eigenvalue weighted by Crippen LogP contribution is 2.30. The molecular weight excluding hydrogens is 206 g/mol. The number of unbranched alkanes of at least 4 members (excludes halogenated alkanes) is 1. The van der Waals surface area contributed by atoms with Crippen LogP contribution in [0.2, 0.25) is 0 Å². The van der Waals surface area contributed by atoms with Crippen molar-refractivity contribution in [2.45, 2.75) is 46.0 Å². The summed E-state index contributed by atoms with van der Waals surface area (Å²) in [4.78, 5) is 13.8. The van der Waals surface area contributed by atoms with E-state index in [-0.39, 0.29) is 0 Å². The van der Waals surface area contributed by atoms with Crippen molar-refractivity contribution >= 4 is 18.5 Å². The topological polar surface area (TPSA) is 20.3 Å². The van der Waals surface area contributed by atoms with Crippen molar-refractivity contribution in [2.24, 2.45) is 5.41 Å². The van der Waals surface area contributed by atoms with Crippen LogP contribution in [0.3, 0.4) is 0 Å². The summed E-state index contributed by atoms with van der Waals surface area (Å²) in [6.45, 7) is 6.39. The van der Waals surface area contributed by atoms with Crippen LogP contribution in [-0.4, -0.2) is 29.6 Å². The van der Waals surface area contributed by atoms with Crippen molar-refractivity contribution < 1.29 is 4.79 Å². The number of hydrogen-bond acceptors (Lipinski definition) is 2. The molecule has 15 heavy (non-hydrogen) atoms. The summed E-state index contributed by atoms with van der Waals surface area (Å²) < 4.78 is 0. The normalized spacial score (nSPS) is 21.5. The van der Waals surface area contributed by atoms with Crippen molar-refractivity contribution in [2.75, 3.05) is 18.8 Å². The number of hydrogen-bond donors (Lipinski definition) is 1. The molecule has 0 spiro atoms. The van der Waals surface area contributed by atoms with Crippen LogP contribution >= 0.6 is 12.6 Å². The van der Waals surface area contributed by atoms with Gasteiger partial charge in [0.05, 0.1) is 0 Å². The van der Waals surface area contributed by atoms with Gasteiger partial charge in [0.2, 0.25) is 5.91 Å². The third-order valence-corrected chi connectivity index (χ3v) is 3.58. The Kier molecular flexibility index (Phi) is 4.97. The standard InChI is InChI=1S/C12H23NOS/c1-12(2)6-5-11(14)13(9-7-12)8-3-4-10-15/h15H,3-10H2,1-2H3. The van der Waals surface area contributed by atoms with Crippen LogP contribution < -0.4 is 0 Å². The van der Waals surface area contributed by atoms with E-state index in [2.05, 4.69) is 26.5 Å². The Balaban J connectivity index is 2.40. The predicted octanol–water partition coefficient (Wildman–Crippen LogP) is 2.74. The molecule has 0 unspecified atom stereocenters. The average molecular weight is 229 g/mol. The first-order valence-electron chi connectivity index (χ1n) is 5.94. The number of carbonyl (C=O) groups excluding carboxylic acids is 1. The second-order valence-corrected chi connectivity index (χ2v) is 5.67. The van der Waals surface area contributed by atoms with Crippen LogP contribution in [0.25, 0.3) is 0 Å². The van der Waals surface area contributed by atoms with E-state index in [1.807, 2.05) is 4.90 Å². The Bertz CT molecular complexity index is 216. The summed E-state index contributed by atoms with van der Waals surface area (Å²) in [6, 6.07) is 0. The molecule has 0 aromatic rings. The molecule has 0 saturated carbocycles. The van der Waals surface area contributed by atoms with Gasteiger partial charge in [0.1, 0.15) is 0 Å². The quantitative estimate of drug-likeness (QED) is 0.580. The smallest absolute Gasteiger partial charge is 0.222 e. The van der Waals surface area contributed by atoms with Gasteiger partial charge < -0.3 is 4.90 Å². The minimum Gasteiger partial charge on any atom is -0.343 e. The number of rotatable bonds is 4. The first kappa shape index (κ1) is 12.9. The van der Waals surface area contributed by atoms with E-state index in [0.717, 1.165) is 50.9 Å². The van der Waals surface area contributed by atoms with E-state index < -0.39 is 0 Å². The summed E-state index contributed by atoms with van der Waals surface area (Å²) in [5.74, 6) is 1.27. The minimum atomic E-state index is 0.341. The van der Waals surface area contributed by atoms with E-state index in [0.29, 0.717) is 11.3 Å². The van der Waals surface area contributed by atoms with Crippen molar-refractivity contribution in [1.82, 2.24) is 4.90 Å². The number of carbonyl (C=O) groups is 1. The van der Waals surface area contributed by atoms with Gasteiger partial charge in [0.15, 0.2) is 0 Å². The van der Waals surface area contributed by atoms with Gasteiger partial charge in [-0.2, -0.15) is 12.6 Å². The van der Waals surface area contributed by atoms with E-state index >= 15 is 0 Å². The summed E-state index contributed by atoms with van der Waals surface area (Å²) in [7, 11) is 0. The van der Waals surface area contributed by atoms with Gasteiger partial charge in [-0.3, -0.25) is 4.79 Å². The van der Waals surface area contributed by atoms with Crippen molar-refractivity contribution in [3.63, 3.8) is 0 Å². The monoisotopic (exact) mass is 229 g/mol. The molecule has 0 radical (unpaired) electrons. The zero-order valence-corrected chi connectivity index (χ0v) is 10.9. The van der Waals surface area contributed by atoms with Gasteiger partial charge in [0, 0.05) is 19.5 Å². The molecule has 1 aliphatic rings. The summed E-state index contributed by atoms with van der Waals surface area (Å²) in [5.41, 5.74) is 0.341. The van der Waals surface area contributed by atoms with Gasteiger partial charge in [0.25, 0.3) is 0 Å². The molecule has 1 fully saturated rings. The van der Waals surface area contributed by atoms with Gasteiger partial charge in [-0.15, -0.1) is 0 Å². The summed E-state index contributed by atoms with van der Waals surface area (Å²) in [6.07, 6.45) is 5.11. The van der Waals surface area contributed by atoms with Gasteiger partial charge in [-0.1, -0.05) is 13.8 Å².